The third-order valence-electron chi connectivity index (χ3n) is 17.8. The van der Waals surface area contributed by atoms with E-state index in [1.54, 1.807) is 0 Å². The zero-order valence-corrected chi connectivity index (χ0v) is 53.2. The van der Waals surface area contributed by atoms with Crippen molar-refractivity contribution in [3.05, 3.63) is 141 Å². The van der Waals surface area contributed by atoms with E-state index in [0.29, 0.717) is 0 Å². The molecule has 8 aromatic rings. The Morgan fingerprint density at radius 3 is 0.812 bits per heavy atom. The second-order valence-corrected chi connectivity index (χ2v) is 26.1. The highest BCUT2D eigenvalue weighted by Crippen LogP contribution is 2.38. The van der Waals surface area contributed by atoms with Gasteiger partial charge in [0, 0.05) is 41.9 Å². The molecule has 2 nitrogen and oxygen atoms in total. The number of fused-ring (bicyclic) bond motifs is 6. The second kappa shape index (κ2) is 35.1. The summed E-state index contributed by atoms with van der Waals surface area (Å²) in [4.78, 5) is 0. The molecule has 4 heteroatoms. The molecule has 0 atom stereocenters. The van der Waals surface area contributed by atoms with Crippen molar-refractivity contribution >= 4 is 75.5 Å². The maximum absolute atomic E-state index is 3.81. The van der Waals surface area contributed by atoms with E-state index < -0.39 is 0 Å². The first-order chi connectivity index (χ1) is 39.5. The van der Waals surface area contributed by atoms with Gasteiger partial charge in [-0.2, -0.15) is 0 Å². The molecule has 2 heterocycles. The van der Waals surface area contributed by atoms with Crippen LogP contribution in [0.5, 0.6) is 0 Å². The SMILES string of the molecule is CCCCCCCCCCCCCCCCCCCCc1ccc2c(c1)c1ccc(Br)cc1n2-c1ccc(-c2ccc(-n3c4ccc(CCCCCCCCCCCCCCCCCCCC)cc4c4ccc(Br)cc43)cc2)cc1. The van der Waals surface area contributed by atoms with E-state index >= 15 is 0 Å². The van der Waals surface area contributed by atoms with E-state index in [1.807, 2.05) is 0 Å². The molecule has 8 rings (SSSR count). The first kappa shape index (κ1) is 61.9. The number of halogens is 2. The van der Waals surface area contributed by atoms with Crippen LogP contribution in [-0.4, -0.2) is 9.13 Å². The zero-order valence-electron chi connectivity index (χ0n) is 50.1. The van der Waals surface area contributed by atoms with Crippen molar-refractivity contribution in [2.24, 2.45) is 0 Å². The van der Waals surface area contributed by atoms with Crippen LogP contribution in [0, 0.1) is 0 Å². The molecule has 0 bridgehead atoms. The lowest BCUT2D eigenvalue weighted by Gasteiger charge is -2.12. The maximum atomic E-state index is 3.81. The number of aryl methyl sites for hydroxylation is 2. The Kier molecular flexibility index (Phi) is 27.2. The van der Waals surface area contributed by atoms with Gasteiger partial charge in [-0.15, -0.1) is 0 Å². The highest BCUT2D eigenvalue weighted by atomic mass is 79.9. The molecule has 6 aromatic carbocycles. The molecule has 0 radical (unpaired) electrons. The predicted octanol–water partition coefficient (Wildman–Crippen LogP) is 26.2. The number of rotatable bonds is 41. The fourth-order valence-corrected chi connectivity index (χ4v) is 13.7. The fraction of sp³-hybridized carbons (Fsp3) is 0.526. The van der Waals surface area contributed by atoms with Crippen molar-refractivity contribution < 1.29 is 0 Å². The van der Waals surface area contributed by atoms with Crippen LogP contribution < -0.4 is 0 Å². The quantitative estimate of drug-likeness (QED) is 0.0338. The molecule has 0 aliphatic heterocycles. The van der Waals surface area contributed by atoms with Gasteiger partial charge >= 0.3 is 0 Å². The Balaban J connectivity index is 0.793. The highest BCUT2D eigenvalue weighted by molar-refractivity contribution is 9.10. The van der Waals surface area contributed by atoms with Gasteiger partial charge in [-0.25, -0.2) is 0 Å². The summed E-state index contributed by atoms with van der Waals surface area (Å²) >= 11 is 7.63. The molecule has 2 aromatic heterocycles. The number of hydrogen-bond donors (Lipinski definition) is 0. The van der Waals surface area contributed by atoms with E-state index in [2.05, 4.69) is 176 Å². The molecule has 0 aliphatic carbocycles. The van der Waals surface area contributed by atoms with Crippen molar-refractivity contribution in [2.45, 2.75) is 258 Å². The van der Waals surface area contributed by atoms with E-state index in [4.69, 9.17) is 0 Å². The summed E-state index contributed by atoms with van der Waals surface area (Å²) in [6.07, 6.45) is 53.3. The third-order valence-corrected chi connectivity index (χ3v) is 18.8. The molecule has 430 valence electrons. The van der Waals surface area contributed by atoms with Crippen LogP contribution >= 0.6 is 31.9 Å². The zero-order chi connectivity index (χ0) is 55.4. The average Bonchev–Trinajstić information content (AvgIpc) is 4.05. The van der Waals surface area contributed by atoms with Gasteiger partial charge in [-0.05, 0) is 121 Å². The first-order valence-corrected chi connectivity index (χ1v) is 34.8. The Hall–Kier alpha value is -4.12. The van der Waals surface area contributed by atoms with Crippen LogP contribution in [-0.2, 0) is 12.8 Å². The summed E-state index contributed by atoms with van der Waals surface area (Å²) in [5, 5.41) is 5.33. The lowest BCUT2D eigenvalue weighted by Crippen LogP contribution is -1.95. The average molecular weight is 1200 g/mol. The van der Waals surface area contributed by atoms with Gasteiger partial charge in [-0.3, -0.25) is 0 Å². The summed E-state index contributed by atoms with van der Waals surface area (Å²) in [5.74, 6) is 0. The van der Waals surface area contributed by atoms with Crippen molar-refractivity contribution in [2.75, 3.05) is 0 Å². The van der Waals surface area contributed by atoms with Crippen molar-refractivity contribution in [1.29, 1.82) is 0 Å². The second-order valence-electron chi connectivity index (χ2n) is 24.3. The van der Waals surface area contributed by atoms with E-state index in [0.717, 1.165) is 21.8 Å². The van der Waals surface area contributed by atoms with Gasteiger partial charge in [0.1, 0.15) is 0 Å². The van der Waals surface area contributed by atoms with E-state index in [-0.39, 0.29) is 0 Å². The van der Waals surface area contributed by atoms with Crippen LogP contribution in [0.15, 0.2) is 130 Å². The summed E-state index contributed by atoms with van der Waals surface area (Å²) in [7, 11) is 0. The number of aromatic nitrogens is 2. The summed E-state index contributed by atoms with van der Waals surface area (Å²) in [6.45, 7) is 4.62. The van der Waals surface area contributed by atoms with Crippen LogP contribution in [0.25, 0.3) is 66.1 Å². The molecule has 0 spiro atoms. The smallest absolute Gasteiger partial charge is 0.0552 e. The van der Waals surface area contributed by atoms with Crippen LogP contribution in [0.3, 0.4) is 0 Å². The number of nitrogens with zero attached hydrogens (tertiary/aromatic N) is 2. The lowest BCUT2D eigenvalue weighted by atomic mass is 10.0. The molecule has 0 aliphatic rings. The molecule has 0 saturated heterocycles. The maximum Gasteiger partial charge on any atom is 0.0552 e. The molecule has 80 heavy (non-hydrogen) atoms. The minimum absolute atomic E-state index is 1.11. The standard InChI is InChI=1S/C76H102Br2N2/c1-3-5-7-9-11-13-15-17-19-21-23-25-27-29-31-33-35-37-39-61-41-55-73-71(57-61)69-53-47-65(77)59-75(69)79(73)67-49-43-63(44-50-67)64-45-51-68(52-46-64)80-74-56-42-62(58-72(74)70-54-48-66(78)60-76(70)80)40-38-36-34-32-30-28-26-24-22-20-18-16-14-12-10-8-6-4-2/h41-60H,3-40H2,1-2H3. The minimum atomic E-state index is 1.11. The third kappa shape index (κ3) is 19.0. The van der Waals surface area contributed by atoms with Crippen molar-refractivity contribution in [3.8, 4) is 22.5 Å². The minimum Gasteiger partial charge on any atom is -0.309 e. The van der Waals surface area contributed by atoms with Gasteiger partial charge < -0.3 is 9.13 Å². The van der Waals surface area contributed by atoms with Gasteiger partial charge in [0.05, 0.1) is 22.1 Å². The first-order valence-electron chi connectivity index (χ1n) is 33.2. The molecule has 0 saturated carbocycles. The van der Waals surface area contributed by atoms with Crippen LogP contribution in [0.2, 0.25) is 0 Å². The molecule has 0 fully saturated rings. The topological polar surface area (TPSA) is 9.86 Å². The molecule has 0 amide bonds. The normalized spacial score (nSPS) is 11.9. The molecular weight excluding hydrogens is 1100 g/mol. The predicted molar refractivity (Wildman–Crippen MR) is 361 cm³/mol. The largest absolute Gasteiger partial charge is 0.309 e. The van der Waals surface area contributed by atoms with Crippen molar-refractivity contribution in [1.82, 2.24) is 9.13 Å². The summed E-state index contributed by atoms with van der Waals surface area (Å²) < 4.78 is 7.13. The van der Waals surface area contributed by atoms with Crippen LogP contribution in [0.4, 0.5) is 0 Å². The van der Waals surface area contributed by atoms with Crippen LogP contribution in [0.1, 0.15) is 256 Å². The monoisotopic (exact) mass is 1200 g/mol. The molecular formula is C76H102Br2N2. The summed E-state index contributed by atoms with van der Waals surface area (Å²) in [6, 6.07) is 46.4. The van der Waals surface area contributed by atoms with Crippen molar-refractivity contribution in [3.63, 3.8) is 0 Å². The fourth-order valence-electron chi connectivity index (χ4n) is 13.0. The highest BCUT2D eigenvalue weighted by Gasteiger charge is 2.16. The van der Waals surface area contributed by atoms with Gasteiger partial charge in [0.2, 0.25) is 0 Å². The van der Waals surface area contributed by atoms with Gasteiger partial charge in [0.25, 0.3) is 0 Å². The number of hydrogen-bond acceptors (Lipinski definition) is 0. The number of benzene rings is 6. The Labute approximate surface area is 503 Å². The Morgan fingerprint density at radius 2 is 0.525 bits per heavy atom. The molecule has 0 unspecified atom stereocenters. The van der Waals surface area contributed by atoms with E-state index in [1.165, 1.54) is 308 Å². The molecule has 0 N–H and O–H groups in total. The van der Waals surface area contributed by atoms with Gasteiger partial charge in [-0.1, -0.05) is 313 Å². The Morgan fingerprint density at radius 1 is 0.250 bits per heavy atom. The van der Waals surface area contributed by atoms with Gasteiger partial charge in [0.15, 0.2) is 0 Å². The summed E-state index contributed by atoms with van der Waals surface area (Å²) in [5.41, 5.74) is 12.8. The van der Waals surface area contributed by atoms with E-state index in [9.17, 15) is 0 Å². The lowest BCUT2D eigenvalue weighted by molar-refractivity contribution is 0.525. The number of unbranched alkanes of at least 4 members (excludes halogenated alkanes) is 34. The Bertz CT molecular complexity index is 2800.